The summed E-state index contributed by atoms with van der Waals surface area (Å²) in [6.45, 7) is 5.96. The first-order valence-electron chi connectivity index (χ1n) is 5.42. The Balaban J connectivity index is 2.80. The summed E-state index contributed by atoms with van der Waals surface area (Å²) in [7, 11) is 0. The number of aryl methyl sites for hydroxylation is 1. The van der Waals surface area contributed by atoms with Gasteiger partial charge in [0.15, 0.2) is 0 Å². The van der Waals surface area contributed by atoms with Gasteiger partial charge in [0.05, 0.1) is 5.60 Å². The predicted octanol–water partition coefficient (Wildman–Crippen LogP) is 3.74. The molecule has 0 fully saturated rings. The Labute approximate surface area is 97.1 Å². The van der Waals surface area contributed by atoms with Crippen molar-refractivity contribution >= 4 is 11.6 Å². The number of hydrogen-bond acceptors (Lipinski definition) is 1. The van der Waals surface area contributed by atoms with E-state index in [1.54, 1.807) is 0 Å². The van der Waals surface area contributed by atoms with Crippen LogP contribution >= 0.6 is 11.6 Å². The van der Waals surface area contributed by atoms with Crippen molar-refractivity contribution in [3.05, 3.63) is 34.3 Å². The van der Waals surface area contributed by atoms with E-state index >= 15 is 0 Å². The zero-order chi connectivity index (χ0) is 11.5. The molecule has 0 heterocycles. The van der Waals surface area contributed by atoms with Crippen molar-refractivity contribution in [2.75, 3.05) is 0 Å². The first-order chi connectivity index (χ1) is 6.94. The second kappa shape index (κ2) is 5.00. The van der Waals surface area contributed by atoms with Crippen LogP contribution in [0.3, 0.4) is 0 Å². The highest BCUT2D eigenvalue weighted by molar-refractivity contribution is 6.31. The van der Waals surface area contributed by atoms with Crippen LogP contribution in [0.5, 0.6) is 0 Å². The fraction of sp³-hybridized carbons (Fsp3) is 0.538. The Morgan fingerprint density at radius 3 is 2.60 bits per heavy atom. The maximum atomic E-state index is 10.1. The van der Waals surface area contributed by atoms with Gasteiger partial charge in [0.1, 0.15) is 0 Å². The number of hydrogen-bond donors (Lipinski definition) is 1. The van der Waals surface area contributed by atoms with Gasteiger partial charge >= 0.3 is 0 Å². The van der Waals surface area contributed by atoms with Gasteiger partial charge < -0.3 is 5.11 Å². The Morgan fingerprint density at radius 2 is 2.07 bits per heavy atom. The summed E-state index contributed by atoms with van der Waals surface area (Å²) < 4.78 is 0. The lowest BCUT2D eigenvalue weighted by Gasteiger charge is -2.23. The van der Waals surface area contributed by atoms with Gasteiger partial charge in [-0.25, -0.2) is 0 Å². The van der Waals surface area contributed by atoms with Gasteiger partial charge in [-0.2, -0.15) is 0 Å². The van der Waals surface area contributed by atoms with Crippen molar-refractivity contribution in [1.82, 2.24) is 0 Å². The molecule has 1 atom stereocenters. The highest BCUT2D eigenvalue weighted by Gasteiger charge is 2.20. The second-order valence-electron chi connectivity index (χ2n) is 4.52. The molecular formula is C13H19ClO. The molecular weight excluding hydrogens is 208 g/mol. The summed E-state index contributed by atoms with van der Waals surface area (Å²) in [6.07, 6.45) is 2.41. The summed E-state index contributed by atoms with van der Waals surface area (Å²) in [5.41, 5.74) is 1.53. The minimum Gasteiger partial charge on any atom is -0.390 e. The van der Waals surface area contributed by atoms with Gasteiger partial charge in [-0.1, -0.05) is 37.1 Å². The number of benzene rings is 1. The summed E-state index contributed by atoms with van der Waals surface area (Å²) in [4.78, 5) is 0. The fourth-order valence-corrected chi connectivity index (χ4v) is 2.13. The Bertz CT molecular complexity index is 331. The third-order valence-corrected chi connectivity index (χ3v) is 2.92. The zero-order valence-electron chi connectivity index (χ0n) is 9.68. The topological polar surface area (TPSA) is 20.2 Å². The monoisotopic (exact) mass is 226 g/mol. The second-order valence-corrected chi connectivity index (χ2v) is 4.93. The van der Waals surface area contributed by atoms with Crippen molar-refractivity contribution in [3.8, 4) is 0 Å². The summed E-state index contributed by atoms with van der Waals surface area (Å²) in [5.74, 6) is 0. The van der Waals surface area contributed by atoms with E-state index in [2.05, 4.69) is 6.92 Å². The SMILES string of the molecule is CCCC(C)(O)Cc1ccc(C)cc1Cl. The highest BCUT2D eigenvalue weighted by atomic mass is 35.5. The van der Waals surface area contributed by atoms with Crippen molar-refractivity contribution in [1.29, 1.82) is 0 Å². The van der Waals surface area contributed by atoms with Gasteiger partial charge in [0.2, 0.25) is 0 Å². The van der Waals surface area contributed by atoms with Crippen LogP contribution in [-0.4, -0.2) is 10.7 Å². The maximum Gasteiger partial charge on any atom is 0.0660 e. The maximum absolute atomic E-state index is 10.1. The third kappa shape index (κ3) is 3.84. The molecule has 0 amide bonds. The molecule has 0 spiro atoms. The molecule has 84 valence electrons. The molecule has 15 heavy (non-hydrogen) atoms. The van der Waals surface area contributed by atoms with E-state index < -0.39 is 5.60 Å². The van der Waals surface area contributed by atoms with Gasteiger partial charge in [0.25, 0.3) is 0 Å². The average molecular weight is 227 g/mol. The molecule has 0 aliphatic rings. The van der Waals surface area contributed by atoms with Crippen molar-refractivity contribution in [3.63, 3.8) is 0 Å². The lowest BCUT2D eigenvalue weighted by molar-refractivity contribution is 0.0506. The van der Waals surface area contributed by atoms with Crippen LogP contribution in [0, 0.1) is 6.92 Å². The first-order valence-corrected chi connectivity index (χ1v) is 5.80. The average Bonchev–Trinajstić information content (AvgIpc) is 2.09. The molecule has 1 N–H and O–H groups in total. The van der Waals surface area contributed by atoms with E-state index in [0.29, 0.717) is 6.42 Å². The highest BCUT2D eigenvalue weighted by Crippen LogP contribution is 2.24. The number of halogens is 1. The zero-order valence-corrected chi connectivity index (χ0v) is 10.4. The van der Waals surface area contributed by atoms with E-state index in [-0.39, 0.29) is 0 Å². The van der Waals surface area contributed by atoms with E-state index in [1.165, 1.54) is 0 Å². The Kier molecular flexibility index (Phi) is 4.18. The molecule has 1 aromatic carbocycles. The molecule has 0 saturated carbocycles. The van der Waals surface area contributed by atoms with Crippen molar-refractivity contribution < 1.29 is 5.11 Å². The van der Waals surface area contributed by atoms with Gasteiger partial charge in [-0.3, -0.25) is 0 Å². The number of aliphatic hydroxyl groups is 1. The van der Waals surface area contributed by atoms with E-state index in [9.17, 15) is 5.11 Å². The Hall–Kier alpha value is -0.530. The van der Waals surface area contributed by atoms with Crippen LogP contribution < -0.4 is 0 Å². The quantitative estimate of drug-likeness (QED) is 0.829. The van der Waals surface area contributed by atoms with Gasteiger partial charge in [-0.05, 0) is 37.5 Å². The summed E-state index contributed by atoms with van der Waals surface area (Å²) in [5, 5.41) is 10.9. The largest absolute Gasteiger partial charge is 0.390 e. The van der Waals surface area contributed by atoms with Crippen LogP contribution in [0.2, 0.25) is 5.02 Å². The molecule has 1 aromatic rings. The lowest BCUT2D eigenvalue weighted by atomic mass is 9.92. The molecule has 0 aliphatic heterocycles. The van der Waals surface area contributed by atoms with Crippen LogP contribution in [-0.2, 0) is 6.42 Å². The molecule has 0 aromatic heterocycles. The number of rotatable bonds is 4. The molecule has 0 aliphatic carbocycles. The predicted molar refractivity (Wildman–Crippen MR) is 65.4 cm³/mol. The third-order valence-electron chi connectivity index (χ3n) is 2.57. The van der Waals surface area contributed by atoms with Crippen molar-refractivity contribution in [2.24, 2.45) is 0 Å². The Morgan fingerprint density at radius 1 is 1.40 bits per heavy atom. The van der Waals surface area contributed by atoms with Crippen LogP contribution in [0.4, 0.5) is 0 Å². The van der Waals surface area contributed by atoms with Gasteiger partial charge in [0, 0.05) is 11.4 Å². The molecule has 2 heteroatoms. The minimum absolute atomic E-state index is 0.625. The summed E-state index contributed by atoms with van der Waals surface area (Å²) >= 11 is 6.12. The van der Waals surface area contributed by atoms with E-state index in [0.717, 1.165) is 29.0 Å². The van der Waals surface area contributed by atoms with Gasteiger partial charge in [-0.15, -0.1) is 0 Å². The summed E-state index contributed by atoms with van der Waals surface area (Å²) in [6, 6.07) is 5.98. The smallest absolute Gasteiger partial charge is 0.0660 e. The standard InChI is InChI=1S/C13H19ClO/c1-4-7-13(3,15)9-11-6-5-10(2)8-12(11)14/h5-6,8,15H,4,7,9H2,1-3H3. The molecule has 1 rings (SSSR count). The molecule has 0 bridgehead atoms. The van der Waals surface area contributed by atoms with E-state index in [4.69, 9.17) is 11.6 Å². The van der Waals surface area contributed by atoms with E-state index in [1.807, 2.05) is 32.0 Å². The van der Waals surface area contributed by atoms with Crippen LogP contribution in [0.25, 0.3) is 0 Å². The molecule has 1 nitrogen and oxygen atoms in total. The fourth-order valence-electron chi connectivity index (χ4n) is 1.83. The molecule has 0 radical (unpaired) electrons. The lowest BCUT2D eigenvalue weighted by Crippen LogP contribution is -2.26. The van der Waals surface area contributed by atoms with Crippen molar-refractivity contribution in [2.45, 2.75) is 45.6 Å². The van der Waals surface area contributed by atoms with Crippen LogP contribution in [0.1, 0.15) is 37.8 Å². The van der Waals surface area contributed by atoms with Crippen LogP contribution in [0.15, 0.2) is 18.2 Å². The molecule has 1 unspecified atom stereocenters. The normalized spacial score (nSPS) is 15.0. The first kappa shape index (κ1) is 12.5. The molecule has 0 saturated heterocycles. The minimum atomic E-state index is -0.645.